The lowest BCUT2D eigenvalue weighted by molar-refractivity contribution is 0.0955. The van der Waals surface area contributed by atoms with Crippen LogP contribution in [0.3, 0.4) is 0 Å². The first-order chi connectivity index (χ1) is 7.55. The van der Waals surface area contributed by atoms with Crippen LogP contribution in [0.1, 0.15) is 17.3 Å². The first-order valence-electron chi connectivity index (χ1n) is 4.83. The Labute approximate surface area is 98.9 Å². The average Bonchev–Trinajstić information content (AvgIpc) is 2.77. The van der Waals surface area contributed by atoms with E-state index < -0.39 is 10.0 Å². The molecule has 1 aromatic rings. The zero-order valence-corrected chi connectivity index (χ0v) is 10.5. The molecule has 0 aliphatic rings. The van der Waals surface area contributed by atoms with E-state index in [1.54, 1.807) is 18.4 Å². The van der Waals surface area contributed by atoms with Gasteiger partial charge in [0.1, 0.15) is 0 Å². The molecule has 0 bridgehead atoms. The minimum absolute atomic E-state index is 0.0471. The van der Waals surface area contributed by atoms with Gasteiger partial charge in [-0.1, -0.05) is 0 Å². The van der Waals surface area contributed by atoms with E-state index in [1.165, 1.54) is 11.3 Å². The highest BCUT2D eigenvalue weighted by atomic mass is 32.2. The summed E-state index contributed by atoms with van der Waals surface area (Å²) in [6, 6.07) is 1.72. The molecule has 0 radical (unpaired) electrons. The van der Waals surface area contributed by atoms with E-state index in [0.717, 1.165) is 0 Å². The van der Waals surface area contributed by atoms with Crippen molar-refractivity contribution >= 4 is 27.3 Å². The standard InChI is InChI=1S/C9H14N2O3S2/c1-2-16(13,14)11-5-4-10-9(12)8-3-6-15-7-8/h3,6-7,11H,2,4-5H2,1H3,(H,10,12). The fourth-order valence-corrected chi connectivity index (χ4v) is 2.23. The van der Waals surface area contributed by atoms with E-state index >= 15 is 0 Å². The summed E-state index contributed by atoms with van der Waals surface area (Å²) in [6.07, 6.45) is 0. The van der Waals surface area contributed by atoms with Crippen molar-refractivity contribution in [3.05, 3.63) is 22.4 Å². The van der Waals surface area contributed by atoms with Crippen molar-refractivity contribution in [1.29, 1.82) is 0 Å². The molecule has 0 atom stereocenters. The maximum atomic E-state index is 11.4. The zero-order valence-electron chi connectivity index (χ0n) is 8.89. The number of thiophene rings is 1. The fourth-order valence-electron chi connectivity index (χ4n) is 0.980. The third-order valence-electron chi connectivity index (χ3n) is 1.90. The first-order valence-corrected chi connectivity index (χ1v) is 7.42. The number of hydrogen-bond acceptors (Lipinski definition) is 4. The third-order valence-corrected chi connectivity index (χ3v) is 3.98. The quantitative estimate of drug-likeness (QED) is 0.729. The van der Waals surface area contributed by atoms with Crippen LogP contribution < -0.4 is 10.0 Å². The molecule has 2 N–H and O–H groups in total. The Kier molecular flexibility index (Phi) is 4.91. The summed E-state index contributed by atoms with van der Waals surface area (Å²) < 4.78 is 24.5. The highest BCUT2D eigenvalue weighted by Crippen LogP contribution is 2.04. The van der Waals surface area contributed by atoms with Gasteiger partial charge in [-0.25, -0.2) is 13.1 Å². The number of carbonyl (C=O) groups excluding carboxylic acids is 1. The molecule has 0 aromatic carbocycles. The Hall–Kier alpha value is -0.920. The first kappa shape index (κ1) is 13.1. The third kappa shape index (κ3) is 4.30. The predicted molar refractivity (Wildman–Crippen MR) is 64.1 cm³/mol. The lowest BCUT2D eigenvalue weighted by Gasteiger charge is -2.05. The van der Waals surface area contributed by atoms with Crippen LogP contribution in [0.4, 0.5) is 0 Å². The summed E-state index contributed by atoms with van der Waals surface area (Å²) in [5.74, 6) is -0.136. The lowest BCUT2D eigenvalue weighted by atomic mass is 10.3. The smallest absolute Gasteiger partial charge is 0.252 e. The van der Waals surface area contributed by atoms with Gasteiger partial charge in [-0.05, 0) is 18.4 Å². The second-order valence-electron chi connectivity index (χ2n) is 3.07. The average molecular weight is 262 g/mol. The molecule has 1 amide bonds. The van der Waals surface area contributed by atoms with Crippen LogP contribution in [-0.2, 0) is 10.0 Å². The second kappa shape index (κ2) is 5.97. The van der Waals surface area contributed by atoms with Crippen molar-refractivity contribution in [3.8, 4) is 0 Å². The van der Waals surface area contributed by atoms with Gasteiger partial charge >= 0.3 is 0 Å². The molecular formula is C9H14N2O3S2. The summed E-state index contributed by atoms with van der Waals surface area (Å²) in [5, 5.41) is 6.18. The summed E-state index contributed by atoms with van der Waals surface area (Å²) in [6.45, 7) is 2.06. The SMILES string of the molecule is CCS(=O)(=O)NCCNC(=O)c1ccsc1. The Balaban J connectivity index is 2.24. The molecule has 7 heteroatoms. The fraction of sp³-hybridized carbons (Fsp3) is 0.444. The van der Waals surface area contributed by atoms with Gasteiger partial charge in [0.15, 0.2) is 0 Å². The van der Waals surface area contributed by atoms with Gasteiger partial charge in [-0.2, -0.15) is 11.3 Å². The van der Waals surface area contributed by atoms with Crippen LogP contribution in [0.15, 0.2) is 16.8 Å². The molecule has 1 rings (SSSR count). The largest absolute Gasteiger partial charge is 0.351 e. The molecule has 0 aliphatic heterocycles. The Morgan fingerprint density at radius 3 is 2.75 bits per heavy atom. The molecule has 0 aliphatic carbocycles. The van der Waals surface area contributed by atoms with Gasteiger partial charge in [0.2, 0.25) is 10.0 Å². The van der Waals surface area contributed by atoms with E-state index in [0.29, 0.717) is 5.56 Å². The van der Waals surface area contributed by atoms with Gasteiger partial charge < -0.3 is 5.32 Å². The van der Waals surface area contributed by atoms with Gasteiger partial charge in [-0.3, -0.25) is 4.79 Å². The Morgan fingerprint density at radius 2 is 2.19 bits per heavy atom. The van der Waals surface area contributed by atoms with E-state index in [1.807, 2.05) is 5.38 Å². The van der Waals surface area contributed by atoms with E-state index in [4.69, 9.17) is 0 Å². The van der Waals surface area contributed by atoms with Crippen molar-refractivity contribution in [2.24, 2.45) is 0 Å². The van der Waals surface area contributed by atoms with E-state index in [2.05, 4.69) is 10.0 Å². The number of amides is 1. The molecule has 90 valence electrons. The number of carbonyl (C=O) groups is 1. The summed E-state index contributed by atoms with van der Waals surface area (Å²) in [7, 11) is -3.17. The van der Waals surface area contributed by atoms with Crippen LogP contribution in [0.5, 0.6) is 0 Å². The van der Waals surface area contributed by atoms with Crippen molar-refractivity contribution in [2.75, 3.05) is 18.8 Å². The van der Waals surface area contributed by atoms with Crippen molar-refractivity contribution in [3.63, 3.8) is 0 Å². The number of sulfonamides is 1. The monoisotopic (exact) mass is 262 g/mol. The van der Waals surface area contributed by atoms with Crippen molar-refractivity contribution in [1.82, 2.24) is 10.0 Å². The summed E-state index contributed by atoms with van der Waals surface area (Å²) in [4.78, 5) is 11.4. The summed E-state index contributed by atoms with van der Waals surface area (Å²) >= 11 is 1.44. The maximum absolute atomic E-state index is 11.4. The lowest BCUT2D eigenvalue weighted by Crippen LogP contribution is -2.35. The minimum Gasteiger partial charge on any atom is -0.351 e. The molecule has 0 saturated heterocycles. The molecule has 0 unspecified atom stereocenters. The van der Waals surface area contributed by atoms with Crippen LogP contribution >= 0.6 is 11.3 Å². The normalized spacial score (nSPS) is 11.3. The molecule has 16 heavy (non-hydrogen) atoms. The van der Waals surface area contributed by atoms with Crippen molar-refractivity contribution in [2.45, 2.75) is 6.92 Å². The second-order valence-corrected chi connectivity index (χ2v) is 5.94. The van der Waals surface area contributed by atoms with Crippen LogP contribution in [0, 0.1) is 0 Å². The molecule has 1 heterocycles. The van der Waals surface area contributed by atoms with Gasteiger partial charge in [-0.15, -0.1) is 0 Å². The molecule has 1 aromatic heterocycles. The van der Waals surface area contributed by atoms with Crippen LogP contribution in [0.2, 0.25) is 0 Å². The van der Waals surface area contributed by atoms with Crippen molar-refractivity contribution < 1.29 is 13.2 Å². The zero-order chi connectivity index (χ0) is 12.0. The Morgan fingerprint density at radius 1 is 1.44 bits per heavy atom. The minimum atomic E-state index is -3.17. The molecule has 0 fully saturated rings. The molecular weight excluding hydrogens is 248 g/mol. The Bertz CT molecular complexity index is 426. The molecule has 5 nitrogen and oxygen atoms in total. The highest BCUT2D eigenvalue weighted by Gasteiger charge is 2.07. The van der Waals surface area contributed by atoms with Gasteiger partial charge in [0.25, 0.3) is 5.91 Å². The maximum Gasteiger partial charge on any atom is 0.252 e. The van der Waals surface area contributed by atoms with Gasteiger partial charge in [0, 0.05) is 24.0 Å². The number of rotatable bonds is 6. The molecule has 0 spiro atoms. The highest BCUT2D eigenvalue weighted by molar-refractivity contribution is 7.89. The number of nitrogens with one attached hydrogen (secondary N) is 2. The van der Waals surface area contributed by atoms with Crippen LogP contribution in [-0.4, -0.2) is 33.2 Å². The van der Waals surface area contributed by atoms with E-state index in [-0.39, 0.29) is 24.7 Å². The van der Waals surface area contributed by atoms with Gasteiger partial charge in [0.05, 0.1) is 5.75 Å². The predicted octanol–water partition coefficient (Wildman–Crippen LogP) is 0.417. The van der Waals surface area contributed by atoms with Crippen LogP contribution in [0.25, 0.3) is 0 Å². The topological polar surface area (TPSA) is 75.3 Å². The van der Waals surface area contributed by atoms with E-state index in [9.17, 15) is 13.2 Å². The number of hydrogen-bond donors (Lipinski definition) is 2. The molecule has 0 saturated carbocycles. The summed E-state index contributed by atoms with van der Waals surface area (Å²) in [5.41, 5.74) is 0.600.